The number of nitrogens with zero attached hydrogens (tertiary/aromatic N) is 3. The van der Waals surface area contributed by atoms with Crippen molar-refractivity contribution in [1.82, 2.24) is 20.5 Å². The number of halogens is 1. The molecule has 29 heavy (non-hydrogen) atoms. The quantitative estimate of drug-likeness (QED) is 0.324. The van der Waals surface area contributed by atoms with Crippen molar-refractivity contribution in [3.05, 3.63) is 45.4 Å². The fourth-order valence-electron chi connectivity index (χ4n) is 3.65. The maximum atomic E-state index is 5.31. The van der Waals surface area contributed by atoms with Gasteiger partial charge in [-0.3, -0.25) is 9.89 Å². The van der Waals surface area contributed by atoms with E-state index in [2.05, 4.69) is 44.6 Å². The third kappa shape index (κ3) is 6.55. The molecule has 1 aliphatic rings. The van der Waals surface area contributed by atoms with Crippen LogP contribution < -0.4 is 15.4 Å². The van der Waals surface area contributed by atoms with Gasteiger partial charge in [0.1, 0.15) is 5.75 Å². The molecule has 160 valence electrons. The molecule has 1 aromatic heterocycles. The highest BCUT2D eigenvalue weighted by molar-refractivity contribution is 14.0. The Kier molecular flexibility index (Phi) is 9.64. The number of nitrogens with one attached hydrogen (secondary N) is 2. The number of likely N-dealkylation sites (tertiary alicyclic amines) is 1. The van der Waals surface area contributed by atoms with E-state index in [0.29, 0.717) is 6.04 Å². The summed E-state index contributed by atoms with van der Waals surface area (Å²) in [5.41, 5.74) is 2.40. The van der Waals surface area contributed by atoms with Crippen molar-refractivity contribution in [3.8, 4) is 5.75 Å². The predicted octanol–water partition coefficient (Wildman–Crippen LogP) is 3.89. The van der Waals surface area contributed by atoms with Gasteiger partial charge in [-0.15, -0.1) is 35.3 Å². The minimum absolute atomic E-state index is 0. The molecule has 0 radical (unpaired) electrons. The number of hydrogen-bond acceptors (Lipinski definition) is 5. The van der Waals surface area contributed by atoms with Crippen LogP contribution in [-0.4, -0.2) is 49.6 Å². The second-order valence-corrected chi connectivity index (χ2v) is 8.37. The van der Waals surface area contributed by atoms with E-state index in [4.69, 9.17) is 4.74 Å². The number of ether oxygens (including phenoxy) is 1. The molecule has 2 aromatic rings. The molecule has 0 aliphatic carbocycles. The highest BCUT2D eigenvalue weighted by atomic mass is 127. The molecule has 2 heterocycles. The molecule has 2 N–H and O–H groups in total. The minimum Gasteiger partial charge on any atom is -0.497 e. The first kappa shape index (κ1) is 23.9. The summed E-state index contributed by atoms with van der Waals surface area (Å²) in [6.07, 6.45) is 2.53. The van der Waals surface area contributed by atoms with Gasteiger partial charge < -0.3 is 15.4 Å². The second kappa shape index (κ2) is 11.7. The van der Waals surface area contributed by atoms with Gasteiger partial charge in [0.25, 0.3) is 0 Å². The Hall–Kier alpha value is -1.39. The molecular weight excluding hydrogens is 497 g/mol. The van der Waals surface area contributed by atoms with Crippen LogP contribution in [0.2, 0.25) is 0 Å². The van der Waals surface area contributed by atoms with Gasteiger partial charge in [-0.25, -0.2) is 4.98 Å². The Labute approximate surface area is 195 Å². The Morgan fingerprint density at radius 3 is 2.45 bits per heavy atom. The van der Waals surface area contributed by atoms with Crippen LogP contribution in [0.25, 0.3) is 0 Å². The smallest absolute Gasteiger partial charge is 0.191 e. The summed E-state index contributed by atoms with van der Waals surface area (Å²) >= 11 is 1.74. The Morgan fingerprint density at radius 2 is 1.90 bits per heavy atom. The van der Waals surface area contributed by atoms with Crippen molar-refractivity contribution < 1.29 is 4.74 Å². The van der Waals surface area contributed by atoms with Crippen molar-refractivity contribution >= 4 is 41.3 Å². The van der Waals surface area contributed by atoms with Crippen molar-refractivity contribution in [2.75, 3.05) is 33.8 Å². The monoisotopic (exact) mass is 529 g/mol. The zero-order chi connectivity index (χ0) is 19.9. The van der Waals surface area contributed by atoms with Gasteiger partial charge in [0.2, 0.25) is 0 Å². The van der Waals surface area contributed by atoms with E-state index in [1.165, 1.54) is 23.3 Å². The lowest BCUT2D eigenvalue weighted by atomic mass is 10.1. The number of aromatic nitrogens is 1. The van der Waals surface area contributed by atoms with E-state index in [9.17, 15) is 0 Å². The summed E-state index contributed by atoms with van der Waals surface area (Å²) in [7, 11) is 3.52. The first-order valence-electron chi connectivity index (χ1n) is 9.86. The highest BCUT2D eigenvalue weighted by Gasteiger charge is 2.23. The van der Waals surface area contributed by atoms with Gasteiger partial charge in [0.15, 0.2) is 5.96 Å². The fraction of sp³-hybridized carbons (Fsp3) is 0.524. The average molecular weight is 529 g/mol. The predicted molar refractivity (Wildman–Crippen MR) is 132 cm³/mol. The van der Waals surface area contributed by atoms with Crippen LogP contribution in [-0.2, 0) is 6.54 Å². The number of methoxy groups -OCH3 is 1. The summed E-state index contributed by atoms with van der Waals surface area (Å²) in [5.74, 6) is 1.72. The number of guanidine groups is 1. The summed E-state index contributed by atoms with van der Waals surface area (Å²) in [4.78, 5) is 12.7. The third-order valence-electron chi connectivity index (χ3n) is 5.18. The largest absolute Gasteiger partial charge is 0.497 e. The average Bonchev–Trinajstić information content (AvgIpc) is 3.34. The van der Waals surface area contributed by atoms with Gasteiger partial charge in [-0.05, 0) is 57.5 Å². The molecule has 1 unspecified atom stereocenters. The lowest BCUT2D eigenvalue weighted by Crippen LogP contribution is -2.42. The summed E-state index contributed by atoms with van der Waals surface area (Å²) < 4.78 is 5.31. The Balaban J connectivity index is 0.00000300. The third-order valence-corrected chi connectivity index (χ3v) is 6.26. The zero-order valence-electron chi connectivity index (χ0n) is 17.7. The molecule has 0 spiro atoms. The van der Waals surface area contributed by atoms with Crippen molar-refractivity contribution in [3.63, 3.8) is 0 Å². The van der Waals surface area contributed by atoms with Gasteiger partial charge in [0, 0.05) is 18.5 Å². The maximum absolute atomic E-state index is 5.31. The fourth-order valence-corrected chi connectivity index (χ4v) is 4.53. The van der Waals surface area contributed by atoms with E-state index in [0.717, 1.165) is 48.6 Å². The van der Waals surface area contributed by atoms with Crippen LogP contribution >= 0.6 is 35.3 Å². The van der Waals surface area contributed by atoms with E-state index in [-0.39, 0.29) is 24.0 Å². The summed E-state index contributed by atoms with van der Waals surface area (Å²) in [6.45, 7) is 7.95. The highest BCUT2D eigenvalue weighted by Crippen LogP contribution is 2.26. The molecule has 1 saturated heterocycles. The van der Waals surface area contributed by atoms with E-state index in [1.807, 2.05) is 26.1 Å². The normalized spacial score (nSPS) is 15.7. The molecule has 8 heteroatoms. The number of rotatable bonds is 7. The molecule has 0 saturated carbocycles. The van der Waals surface area contributed by atoms with E-state index >= 15 is 0 Å². The number of benzene rings is 1. The second-order valence-electron chi connectivity index (χ2n) is 7.08. The molecular formula is C21H32IN5OS. The SMILES string of the molecule is CN=C(NCc1sc(C)nc1C)NCC(c1ccc(OC)cc1)N1CCCC1.I. The molecule has 1 aromatic carbocycles. The summed E-state index contributed by atoms with van der Waals surface area (Å²) in [6, 6.07) is 8.74. The molecule has 0 bridgehead atoms. The van der Waals surface area contributed by atoms with Gasteiger partial charge in [-0.1, -0.05) is 12.1 Å². The molecule has 1 aliphatic heterocycles. The van der Waals surface area contributed by atoms with Gasteiger partial charge in [0.05, 0.1) is 30.4 Å². The van der Waals surface area contributed by atoms with Crippen molar-refractivity contribution in [2.45, 2.75) is 39.3 Å². The van der Waals surface area contributed by atoms with Crippen LogP contribution in [0.3, 0.4) is 0 Å². The lowest BCUT2D eigenvalue weighted by molar-refractivity contribution is 0.245. The first-order chi connectivity index (χ1) is 13.6. The topological polar surface area (TPSA) is 61.8 Å². The molecule has 6 nitrogen and oxygen atoms in total. The standard InChI is InChI=1S/C21H31N5OS.HI/c1-15-20(28-16(2)25-15)14-24-21(22-3)23-13-19(26-11-5-6-12-26)17-7-9-18(27-4)10-8-17;/h7-10,19H,5-6,11-14H2,1-4H3,(H2,22,23,24);1H. The maximum Gasteiger partial charge on any atom is 0.191 e. The Bertz CT molecular complexity index is 787. The van der Waals surface area contributed by atoms with Gasteiger partial charge in [-0.2, -0.15) is 0 Å². The van der Waals surface area contributed by atoms with Crippen molar-refractivity contribution in [1.29, 1.82) is 0 Å². The molecule has 1 fully saturated rings. The molecule has 3 rings (SSSR count). The van der Waals surface area contributed by atoms with Crippen LogP contribution in [0.1, 0.15) is 40.0 Å². The van der Waals surface area contributed by atoms with Crippen molar-refractivity contribution in [2.24, 2.45) is 4.99 Å². The number of hydrogen-bond donors (Lipinski definition) is 2. The Morgan fingerprint density at radius 1 is 1.21 bits per heavy atom. The number of thiazole rings is 1. The first-order valence-corrected chi connectivity index (χ1v) is 10.7. The minimum atomic E-state index is 0. The van der Waals surface area contributed by atoms with Crippen LogP contribution in [0, 0.1) is 13.8 Å². The number of aryl methyl sites for hydroxylation is 2. The van der Waals surface area contributed by atoms with E-state index in [1.54, 1.807) is 18.4 Å². The van der Waals surface area contributed by atoms with Crippen LogP contribution in [0.5, 0.6) is 5.75 Å². The van der Waals surface area contributed by atoms with Crippen LogP contribution in [0.4, 0.5) is 0 Å². The van der Waals surface area contributed by atoms with Crippen LogP contribution in [0.15, 0.2) is 29.3 Å². The number of aliphatic imine (C=N–C) groups is 1. The molecule has 0 amide bonds. The summed E-state index contributed by atoms with van der Waals surface area (Å²) in [5, 5.41) is 8.05. The van der Waals surface area contributed by atoms with Gasteiger partial charge >= 0.3 is 0 Å². The van der Waals surface area contributed by atoms with E-state index < -0.39 is 0 Å². The zero-order valence-corrected chi connectivity index (χ0v) is 20.8. The lowest BCUT2D eigenvalue weighted by Gasteiger charge is -2.29. The molecule has 1 atom stereocenters.